The zero-order valence-electron chi connectivity index (χ0n) is 19.7. The van der Waals surface area contributed by atoms with Crippen molar-refractivity contribution in [3.63, 3.8) is 0 Å². The van der Waals surface area contributed by atoms with Gasteiger partial charge in [-0.1, -0.05) is 67.4 Å². The Bertz CT molecular complexity index is 863. The fourth-order valence-electron chi connectivity index (χ4n) is 4.96. The third kappa shape index (κ3) is 7.42. The topological polar surface area (TPSA) is 54.9 Å². The second kappa shape index (κ2) is 13.3. The van der Waals surface area contributed by atoms with E-state index in [4.69, 9.17) is 9.47 Å². The number of hydrogen-bond donors (Lipinski definition) is 2. The molecule has 33 heavy (non-hydrogen) atoms. The van der Waals surface area contributed by atoms with Gasteiger partial charge in [0.15, 0.2) is 5.96 Å². The summed E-state index contributed by atoms with van der Waals surface area (Å²) in [6, 6.07) is 19.6. The standard InChI is InChI=1S/C27H37N3O2.HI/c1-28-26(30-21-27(14-5-6-15-27)24-10-3-2-4-11-24)29-19-22-8-7-9-23(18-22)20-32-25-12-16-31-17-13-25;/h2-4,7-11,18,25H,5-6,12-17,19-21H2,1H3,(H2,28,29,30);1H. The van der Waals surface area contributed by atoms with E-state index in [0.29, 0.717) is 12.7 Å². The van der Waals surface area contributed by atoms with Crippen LogP contribution in [-0.2, 0) is 28.0 Å². The summed E-state index contributed by atoms with van der Waals surface area (Å²) in [6.45, 7) is 3.93. The molecule has 2 aromatic rings. The Morgan fingerprint density at radius 2 is 1.73 bits per heavy atom. The van der Waals surface area contributed by atoms with E-state index in [1.165, 1.54) is 42.4 Å². The summed E-state index contributed by atoms with van der Waals surface area (Å²) in [7, 11) is 1.84. The molecule has 0 bridgehead atoms. The highest BCUT2D eigenvalue weighted by Crippen LogP contribution is 2.40. The molecule has 1 saturated heterocycles. The second-order valence-electron chi connectivity index (χ2n) is 9.08. The number of guanidine groups is 1. The van der Waals surface area contributed by atoms with Crippen molar-refractivity contribution in [3.8, 4) is 0 Å². The molecule has 0 spiro atoms. The minimum atomic E-state index is 0. The highest BCUT2D eigenvalue weighted by atomic mass is 127. The summed E-state index contributed by atoms with van der Waals surface area (Å²) in [5.41, 5.74) is 4.10. The van der Waals surface area contributed by atoms with Gasteiger partial charge in [-0.3, -0.25) is 4.99 Å². The first-order chi connectivity index (χ1) is 15.8. The van der Waals surface area contributed by atoms with Crippen molar-refractivity contribution in [1.82, 2.24) is 10.6 Å². The fourth-order valence-corrected chi connectivity index (χ4v) is 4.96. The van der Waals surface area contributed by atoms with E-state index in [2.05, 4.69) is 70.2 Å². The third-order valence-corrected chi connectivity index (χ3v) is 6.87. The molecule has 1 saturated carbocycles. The van der Waals surface area contributed by atoms with Gasteiger partial charge in [-0.05, 0) is 42.4 Å². The molecule has 1 aliphatic carbocycles. The molecule has 2 N–H and O–H groups in total. The number of nitrogens with zero attached hydrogens (tertiary/aromatic N) is 1. The second-order valence-corrected chi connectivity index (χ2v) is 9.08. The van der Waals surface area contributed by atoms with Gasteiger partial charge in [0.25, 0.3) is 0 Å². The molecule has 0 aromatic heterocycles. The average molecular weight is 564 g/mol. The van der Waals surface area contributed by atoms with E-state index in [0.717, 1.165) is 45.1 Å². The minimum Gasteiger partial charge on any atom is -0.381 e. The predicted molar refractivity (Wildman–Crippen MR) is 145 cm³/mol. The number of ether oxygens (including phenoxy) is 2. The van der Waals surface area contributed by atoms with Crippen molar-refractivity contribution >= 4 is 29.9 Å². The van der Waals surface area contributed by atoms with E-state index in [1.807, 2.05) is 7.05 Å². The molecule has 1 aliphatic heterocycles. The first kappa shape index (κ1) is 26.0. The van der Waals surface area contributed by atoms with Crippen LogP contribution in [-0.4, -0.2) is 38.9 Å². The molecule has 0 atom stereocenters. The van der Waals surface area contributed by atoms with Crippen LogP contribution in [0.1, 0.15) is 55.2 Å². The Kier molecular flexibility index (Phi) is 10.5. The van der Waals surface area contributed by atoms with Crippen LogP contribution in [0.25, 0.3) is 0 Å². The lowest BCUT2D eigenvalue weighted by Gasteiger charge is -2.30. The lowest BCUT2D eigenvalue weighted by Crippen LogP contribution is -2.44. The quantitative estimate of drug-likeness (QED) is 0.264. The number of halogens is 1. The molecule has 1 heterocycles. The predicted octanol–water partition coefficient (Wildman–Crippen LogP) is 5.18. The van der Waals surface area contributed by atoms with Gasteiger partial charge in [0, 0.05) is 38.8 Å². The van der Waals surface area contributed by atoms with Gasteiger partial charge in [-0.2, -0.15) is 0 Å². The van der Waals surface area contributed by atoms with Crippen LogP contribution in [0.3, 0.4) is 0 Å². The van der Waals surface area contributed by atoms with E-state index >= 15 is 0 Å². The van der Waals surface area contributed by atoms with Crippen LogP contribution in [0, 0.1) is 0 Å². The van der Waals surface area contributed by atoms with Crippen molar-refractivity contribution in [2.24, 2.45) is 4.99 Å². The summed E-state index contributed by atoms with van der Waals surface area (Å²) >= 11 is 0. The molecule has 180 valence electrons. The molecule has 2 aliphatic rings. The van der Waals surface area contributed by atoms with Crippen LogP contribution in [0.5, 0.6) is 0 Å². The van der Waals surface area contributed by atoms with Gasteiger partial charge >= 0.3 is 0 Å². The molecule has 0 radical (unpaired) electrons. The Morgan fingerprint density at radius 1 is 1.00 bits per heavy atom. The lowest BCUT2D eigenvalue weighted by molar-refractivity contribution is -0.0390. The van der Waals surface area contributed by atoms with E-state index in [-0.39, 0.29) is 29.4 Å². The normalized spacial score (nSPS) is 18.5. The van der Waals surface area contributed by atoms with Gasteiger partial charge in [0.2, 0.25) is 0 Å². The first-order valence-electron chi connectivity index (χ1n) is 12.0. The smallest absolute Gasteiger partial charge is 0.191 e. The molecule has 2 fully saturated rings. The molecule has 4 rings (SSSR count). The third-order valence-electron chi connectivity index (χ3n) is 6.87. The van der Waals surface area contributed by atoms with Crippen LogP contribution >= 0.6 is 24.0 Å². The summed E-state index contributed by atoms with van der Waals surface area (Å²) < 4.78 is 11.5. The van der Waals surface area contributed by atoms with Crippen molar-refractivity contribution in [1.29, 1.82) is 0 Å². The van der Waals surface area contributed by atoms with Gasteiger partial charge in [0.1, 0.15) is 0 Å². The Balaban J connectivity index is 0.00000306. The number of aliphatic imine (C=N–C) groups is 1. The molecular weight excluding hydrogens is 525 g/mol. The lowest BCUT2D eigenvalue weighted by atomic mass is 9.79. The van der Waals surface area contributed by atoms with Gasteiger partial charge in [-0.25, -0.2) is 0 Å². The molecule has 5 nitrogen and oxygen atoms in total. The summed E-state index contributed by atoms with van der Waals surface area (Å²) in [5.74, 6) is 0.857. The zero-order valence-corrected chi connectivity index (χ0v) is 22.1. The van der Waals surface area contributed by atoms with Crippen LogP contribution in [0.4, 0.5) is 0 Å². The molecule has 0 unspecified atom stereocenters. The Hall–Kier alpha value is -1.64. The van der Waals surface area contributed by atoms with Crippen molar-refractivity contribution in [2.75, 3.05) is 26.8 Å². The molecule has 6 heteroatoms. The SMILES string of the molecule is CN=C(NCc1cccc(COC2CCOCC2)c1)NCC1(c2ccccc2)CCCC1.I. The monoisotopic (exact) mass is 563 g/mol. The van der Waals surface area contributed by atoms with Crippen LogP contribution in [0.2, 0.25) is 0 Å². The van der Waals surface area contributed by atoms with Crippen molar-refractivity contribution in [3.05, 3.63) is 71.3 Å². The van der Waals surface area contributed by atoms with Gasteiger partial charge < -0.3 is 20.1 Å². The largest absolute Gasteiger partial charge is 0.381 e. The first-order valence-corrected chi connectivity index (χ1v) is 12.0. The van der Waals surface area contributed by atoms with Crippen molar-refractivity contribution < 1.29 is 9.47 Å². The molecule has 2 aromatic carbocycles. The Labute approximate surface area is 215 Å². The number of benzene rings is 2. The highest BCUT2D eigenvalue weighted by Gasteiger charge is 2.35. The maximum atomic E-state index is 6.08. The van der Waals surface area contributed by atoms with Crippen molar-refractivity contribution in [2.45, 2.75) is 63.2 Å². The maximum Gasteiger partial charge on any atom is 0.191 e. The van der Waals surface area contributed by atoms with E-state index in [1.54, 1.807) is 0 Å². The van der Waals surface area contributed by atoms with Gasteiger partial charge in [0.05, 0.1) is 12.7 Å². The molecule has 0 amide bonds. The van der Waals surface area contributed by atoms with E-state index < -0.39 is 0 Å². The average Bonchev–Trinajstić information content (AvgIpc) is 3.35. The zero-order chi connectivity index (χ0) is 22.1. The summed E-state index contributed by atoms with van der Waals surface area (Å²) in [6.07, 6.45) is 7.37. The summed E-state index contributed by atoms with van der Waals surface area (Å²) in [4.78, 5) is 4.47. The number of rotatable bonds is 8. The van der Waals surface area contributed by atoms with Crippen LogP contribution in [0.15, 0.2) is 59.6 Å². The van der Waals surface area contributed by atoms with Crippen LogP contribution < -0.4 is 10.6 Å². The number of nitrogens with one attached hydrogen (secondary N) is 2. The molecular formula is C27H38IN3O2. The highest BCUT2D eigenvalue weighted by molar-refractivity contribution is 14.0. The summed E-state index contributed by atoms with van der Waals surface area (Å²) in [5, 5.41) is 7.10. The van der Waals surface area contributed by atoms with E-state index in [9.17, 15) is 0 Å². The fraction of sp³-hybridized carbons (Fsp3) is 0.519. The number of hydrogen-bond acceptors (Lipinski definition) is 3. The minimum absolute atomic E-state index is 0. The van der Waals surface area contributed by atoms with Gasteiger partial charge in [-0.15, -0.1) is 24.0 Å². The Morgan fingerprint density at radius 3 is 2.45 bits per heavy atom. The maximum absolute atomic E-state index is 6.08.